The Morgan fingerprint density at radius 2 is 1.89 bits per heavy atom. The van der Waals surface area contributed by atoms with Crippen molar-refractivity contribution in [2.45, 2.75) is 38.6 Å². The van der Waals surface area contributed by atoms with Crippen LogP contribution < -0.4 is 0 Å². The molecule has 104 valence electrons. The van der Waals surface area contributed by atoms with Gasteiger partial charge in [-0.05, 0) is 23.8 Å². The van der Waals surface area contributed by atoms with Gasteiger partial charge in [0.15, 0.2) is 0 Å². The Kier molecular flexibility index (Phi) is 10.2. The quantitative estimate of drug-likeness (QED) is 0.387. The highest BCUT2D eigenvalue weighted by Crippen LogP contribution is 2.08. The van der Waals surface area contributed by atoms with Gasteiger partial charge in [-0.1, -0.05) is 38.1 Å². The molecule has 19 heavy (non-hydrogen) atoms. The zero-order chi connectivity index (χ0) is 14.7. The van der Waals surface area contributed by atoms with Gasteiger partial charge in [0.25, 0.3) is 0 Å². The van der Waals surface area contributed by atoms with E-state index in [0.29, 0.717) is 0 Å². The summed E-state index contributed by atoms with van der Waals surface area (Å²) in [7, 11) is 0.992. The SMILES string of the molecule is C=PCC=CC(O)C#CC#CCC(O)C(O)C(C)C. The molecule has 3 atom stereocenters. The highest BCUT2D eigenvalue weighted by molar-refractivity contribution is 7.36. The number of aliphatic hydroxyl groups excluding tert-OH is 3. The highest BCUT2D eigenvalue weighted by Gasteiger charge is 2.18. The van der Waals surface area contributed by atoms with E-state index in [-0.39, 0.29) is 12.3 Å². The smallest absolute Gasteiger partial charge is 0.134 e. The molecular weight excluding hydrogens is 259 g/mol. The first kappa shape index (κ1) is 17.9. The fourth-order valence-corrected chi connectivity index (χ4v) is 1.46. The first-order valence-electron chi connectivity index (χ1n) is 6.10. The lowest BCUT2D eigenvalue weighted by Gasteiger charge is -2.18. The van der Waals surface area contributed by atoms with Crippen molar-refractivity contribution in [3.05, 3.63) is 12.2 Å². The molecule has 0 aliphatic carbocycles. The lowest BCUT2D eigenvalue weighted by atomic mass is 10.00. The minimum absolute atomic E-state index is 0.0119. The molecule has 0 aliphatic heterocycles. The van der Waals surface area contributed by atoms with E-state index in [0.717, 1.165) is 14.4 Å². The summed E-state index contributed by atoms with van der Waals surface area (Å²) >= 11 is 0. The van der Waals surface area contributed by atoms with Gasteiger partial charge in [0.2, 0.25) is 0 Å². The van der Waals surface area contributed by atoms with Crippen molar-refractivity contribution in [2.75, 3.05) is 6.16 Å². The first-order valence-corrected chi connectivity index (χ1v) is 7.37. The van der Waals surface area contributed by atoms with E-state index in [1.165, 1.54) is 0 Å². The predicted molar refractivity (Wildman–Crippen MR) is 81.1 cm³/mol. The van der Waals surface area contributed by atoms with Crippen LogP contribution in [-0.2, 0) is 0 Å². The fraction of sp³-hybridized carbons (Fsp3) is 0.533. The van der Waals surface area contributed by atoms with Gasteiger partial charge in [-0.15, -0.1) is 8.20 Å². The number of hydrogen-bond donors (Lipinski definition) is 3. The standard InChI is InChI=1S/C15H21O3P/c1-12(2)15(18)14(17)10-6-4-5-8-13(16)9-7-11-19-3/h7,9,12-18H,3,10-11H2,1-2H3. The van der Waals surface area contributed by atoms with Crippen LogP contribution in [0.1, 0.15) is 20.3 Å². The Labute approximate surface area is 117 Å². The molecule has 3 N–H and O–H groups in total. The molecule has 0 radical (unpaired) electrons. The predicted octanol–water partition coefficient (Wildman–Crippen LogP) is 1.06. The van der Waals surface area contributed by atoms with E-state index in [4.69, 9.17) is 0 Å². The molecule has 0 aliphatic rings. The summed E-state index contributed by atoms with van der Waals surface area (Å²) in [4.78, 5) is 0. The minimum atomic E-state index is -0.866. The van der Waals surface area contributed by atoms with Gasteiger partial charge in [-0.25, -0.2) is 0 Å². The molecule has 0 aromatic heterocycles. The van der Waals surface area contributed by atoms with Crippen LogP contribution in [0.2, 0.25) is 0 Å². The van der Waals surface area contributed by atoms with E-state index in [2.05, 4.69) is 30.0 Å². The zero-order valence-corrected chi connectivity index (χ0v) is 12.3. The monoisotopic (exact) mass is 280 g/mol. The van der Waals surface area contributed by atoms with Gasteiger partial charge in [-0.2, -0.15) is 0 Å². The summed E-state index contributed by atoms with van der Waals surface area (Å²) < 4.78 is 0. The molecule has 0 saturated heterocycles. The molecule has 3 nitrogen and oxygen atoms in total. The Balaban J connectivity index is 4.15. The Hall–Kier alpha value is -1.09. The summed E-state index contributed by atoms with van der Waals surface area (Å²) in [6.45, 7) is 3.66. The number of hydrogen-bond acceptors (Lipinski definition) is 3. The number of rotatable bonds is 6. The van der Waals surface area contributed by atoms with Crippen LogP contribution in [0.5, 0.6) is 0 Å². The van der Waals surface area contributed by atoms with E-state index in [1.807, 2.05) is 19.9 Å². The molecule has 4 heteroatoms. The molecule has 0 spiro atoms. The van der Waals surface area contributed by atoms with Crippen molar-refractivity contribution in [3.63, 3.8) is 0 Å². The van der Waals surface area contributed by atoms with Gasteiger partial charge < -0.3 is 15.3 Å². The van der Waals surface area contributed by atoms with Gasteiger partial charge in [-0.3, -0.25) is 0 Å². The lowest BCUT2D eigenvalue weighted by Crippen LogP contribution is -2.30. The maximum atomic E-state index is 9.57. The van der Waals surface area contributed by atoms with Crippen LogP contribution in [0.15, 0.2) is 12.2 Å². The molecular formula is C15H21O3P. The molecule has 0 saturated carbocycles. The third-order valence-electron chi connectivity index (χ3n) is 2.31. The van der Waals surface area contributed by atoms with Crippen LogP contribution in [0.25, 0.3) is 0 Å². The maximum Gasteiger partial charge on any atom is 0.134 e. The maximum absolute atomic E-state index is 9.57. The molecule has 0 heterocycles. The molecule has 0 aromatic carbocycles. The highest BCUT2D eigenvalue weighted by atomic mass is 31.1. The lowest BCUT2D eigenvalue weighted by molar-refractivity contribution is -0.00478. The summed E-state index contributed by atoms with van der Waals surface area (Å²) in [5, 5.41) is 28.5. The van der Waals surface area contributed by atoms with Crippen LogP contribution in [0.3, 0.4) is 0 Å². The Morgan fingerprint density at radius 3 is 2.47 bits per heavy atom. The summed E-state index contributed by atoms with van der Waals surface area (Å²) in [6.07, 6.45) is 5.52. The van der Waals surface area contributed by atoms with Crippen molar-refractivity contribution in [2.24, 2.45) is 5.92 Å². The molecule has 3 unspecified atom stereocenters. The molecule has 0 aromatic rings. The normalized spacial score (nSPS) is 15.5. The van der Waals surface area contributed by atoms with Gasteiger partial charge in [0, 0.05) is 12.6 Å². The molecule has 0 bridgehead atoms. The van der Waals surface area contributed by atoms with Gasteiger partial charge >= 0.3 is 0 Å². The second-order valence-electron chi connectivity index (χ2n) is 4.36. The van der Waals surface area contributed by atoms with Crippen molar-refractivity contribution < 1.29 is 15.3 Å². The number of allylic oxidation sites excluding steroid dienone is 1. The van der Waals surface area contributed by atoms with E-state index in [9.17, 15) is 15.3 Å². The minimum Gasteiger partial charge on any atom is -0.390 e. The van der Waals surface area contributed by atoms with Crippen molar-refractivity contribution in [1.82, 2.24) is 0 Å². The average Bonchev–Trinajstić information content (AvgIpc) is 2.37. The van der Waals surface area contributed by atoms with Crippen molar-refractivity contribution in [1.29, 1.82) is 0 Å². The largest absolute Gasteiger partial charge is 0.390 e. The molecule has 0 amide bonds. The van der Waals surface area contributed by atoms with E-state index < -0.39 is 18.3 Å². The second-order valence-corrected chi connectivity index (χ2v) is 5.17. The van der Waals surface area contributed by atoms with E-state index in [1.54, 1.807) is 6.08 Å². The van der Waals surface area contributed by atoms with E-state index >= 15 is 0 Å². The summed E-state index contributed by atoms with van der Waals surface area (Å²) in [5.74, 6) is 10.3. The van der Waals surface area contributed by atoms with Gasteiger partial charge in [0.05, 0.1) is 12.2 Å². The van der Waals surface area contributed by atoms with Gasteiger partial charge in [0.1, 0.15) is 6.10 Å². The Morgan fingerprint density at radius 1 is 1.21 bits per heavy atom. The van der Waals surface area contributed by atoms with Crippen LogP contribution in [-0.4, -0.2) is 46.1 Å². The Bertz CT molecular complexity index is 407. The second kappa shape index (κ2) is 10.8. The third-order valence-corrected chi connectivity index (χ3v) is 2.78. The topological polar surface area (TPSA) is 60.7 Å². The van der Waals surface area contributed by atoms with Crippen LogP contribution >= 0.6 is 8.20 Å². The van der Waals surface area contributed by atoms with Crippen molar-refractivity contribution >= 4 is 14.5 Å². The zero-order valence-electron chi connectivity index (χ0n) is 11.4. The summed E-state index contributed by atoms with van der Waals surface area (Å²) in [6, 6.07) is 0. The molecule has 0 rings (SSSR count). The fourth-order valence-electron chi connectivity index (χ4n) is 1.19. The molecule has 0 fully saturated rings. The number of aliphatic hydroxyl groups is 3. The van der Waals surface area contributed by atoms with Crippen molar-refractivity contribution in [3.8, 4) is 23.7 Å². The van der Waals surface area contributed by atoms with Crippen LogP contribution in [0, 0.1) is 29.6 Å². The van der Waals surface area contributed by atoms with Crippen LogP contribution in [0.4, 0.5) is 0 Å². The summed E-state index contributed by atoms with van der Waals surface area (Å²) in [5.41, 5.74) is 0. The first-order chi connectivity index (χ1) is 8.99. The average molecular weight is 280 g/mol. The third kappa shape index (κ3) is 9.48.